The van der Waals surface area contributed by atoms with Crippen molar-refractivity contribution in [2.45, 2.75) is 52.4 Å². The normalized spacial score (nSPS) is 25.4. The first-order valence-corrected chi connectivity index (χ1v) is 7.56. The number of hydrogen-bond donors (Lipinski definition) is 2. The van der Waals surface area contributed by atoms with Gasteiger partial charge in [-0.25, -0.2) is 0 Å². The third-order valence-corrected chi connectivity index (χ3v) is 4.46. The van der Waals surface area contributed by atoms with Crippen molar-refractivity contribution in [1.82, 2.24) is 5.32 Å². The first kappa shape index (κ1) is 15.4. The number of carbonyl (C=O) groups is 1. The van der Waals surface area contributed by atoms with E-state index in [1.165, 1.54) is 32.1 Å². The van der Waals surface area contributed by atoms with E-state index in [-0.39, 0.29) is 11.8 Å². The standard InChI is InChI=1S/C14H26N2OS/c1-3-10-5-7-11(8-6-10)9-16-14(17)12(4-2)13(15)18/h10-12H,3-9H2,1-2H3,(H2,15,18)(H,16,17). The Morgan fingerprint density at radius 3 is 2.28 bits per heavy atom. The van der Waals surface area contributed by atoms with E-state index in [0.717, 1.165) is 12.5 Å². The highest BCUT2D eigenvalue weighted by Crippen LogP contribution is 2.30. The van der Waals surface area contributed by atoms with Crippen LogP contribution in [0, 0.1) is 17.8 Å². The molecule has 1 amide bonds. The molecule has 0 saturated heterocycles. The molecule has 0 aromatic carbocycles. The van der Waals surface area contributed by atoms with Crippen LogP contribution in [0.3, 0.4) is 0 Å². The molecule has 1 atom stereocenters. The van der Waals surface area contributed by atoms with Crippen molar-refractivity contribution >= 4 is 23.1 Å². The van der Waals surface area contributed by atoms with Crippen molar-refractivity contribution in [2.75, 3.05) is 6.54 Å². The molecule has 1 rings (SSSR count). The Kier molecular flexibility index (Phi) is 6.61. The van der Waals surface area contributed by atoms with Gasteiger partial charge < -0.3 is 11.1 Å². The molecule has 0 spiro atoms. The fourth-order valence-corrected chi connectivity index (χ4v) is 3.00. The smallest absolute Gasteiger partial charge is 0.229 e. The van der Waals surface area contributed by atoms with Crippen LogP contribution in [0.15, 0.2) is 0 Å². The lowest BCUT2D eigenvalue weighted by molar-refractivity contribution is -0.123. The van der Waals surface area contributed by atoms with Crippen LogP contribution < -0.4 is 11.1 Å². The summed E-state index contributed by atoms with van der Waals surface area (Å²) in [4.78, 5) is 12.2. The Bertz CT molecular complexity index is 286. The largest absolute Gasteiger partial charge is 0.393 e. The van der Waals surface area contributed by atoms with E-state index >= 15 is 0 Å². The molecule has 104 valence electrons. The number of nitrogens with two attached hydrogens (primary N) is 1. The predicted octanol–water partition coefficient (Wildman–Crippen LogP) is 2.63. The van der Waals surface area contributed by atoms with E-state index in [2.05, 4.69) is 12.2 Å². The fourth-order valence-electron chi connectivity index (χ4n) is 2.73. The quantitative estimate of drug-likeness (QED) is 0.730. The number of hydrogen-bond acceptors (Lipinski definition) is 2. The molecule has 0 bridgehead atoms. The third kappa shape index (κ3) is 4.56. The minimum Gasteiger partial charge on any atom is -0.393 e. The second-order valence-electron chi connectivity index (χ2n) is 5.40. The molecule has 0 aromatic rings. The molecule has 1 aliphatic carbocycles. The lowest BCUT2D eigenvalue weighted by Crippen LogP contribution is -2.40. The van der Waals surface area contributed by atoms with E-state index in [0.29, 0.717) is 17.3 Å². The van der Waals surface area contributed by atoms with Gasteiger partial charge in [0.2, 0.25) is 5.91 Å². The summed E-state index contributed by atoms with van der Waals surface area (Å²) in [7, 11) is 0. The Labute approximate surface area is 116 Å². The molecule has 0 aromatic heterocycles. The van der Waals surface area contributed by atoms with Crippen LogP contribution in [0.25, 0.3) is 0 Å². The Morgan fingerprint density at radius 2 is 1.83 bits per heavy atom. The van der Waals surface area contributed by atoms with Crippen LogP contribution in [0.4, 0.5) is 0 Å². The van der Waals surface area contributed by atoms with Gasteiger partial charge in [0.1, 0.15) is 0 Å². The molecule has 1 unspecified atom stereocenters. The van der Waals surface area contributed by atoms with Crippen molar-refractivity contribution in [3.05, 3.63) is 0 Å². The first-order chi connectivity index (χ1) is 8.58. The summed E-state index contributed by atoms with van der Waals surface area (Å²) in [6, 6.07) is 0. The van der Waals surface area contributed by atoms with Crippen LogP contribution in [-0.2, 0) is 4.79 Å². The van der Waals surface area contributed by atoms with E-state index in [1.807, 2.05) is 6.92 Å². The van der Waals surface area contributed by atoms with Gasteiger partial charge >= 0.3 is 0 Å². The van der Waals surface area contributed by atoms with Crippen molar-refractivity contribution in [2.24, 2.45) is 23.5 Å². The van der Waals surface area contributed by atoms with Crippen molar-refractivity contribution in [3.8, 4) is 0 Å². The van der Waals surface area contributed by atoms with Crippen molar-refractivity contribution < 1.29 is 4.79 Å². The highest BCUT2D eigenvalue weighted by molar-refractivity contribution is 7.80. The number of carbonyl (C=O) groups excluding carboxylic acids is 1. The molecule has 3 nitrogen and oxygen atoms in total. The Morgan fingerprint density at radius 1 is 1.28 bits per heavy atom. The van der Waals surface area contributed by atoms with Gasteiger partial charge in [-0.3, -0.25) is 4.79 Å². The molecule has 1 aliphatic rings. The zero-order chi connectivity index (χ0) is 13.5. The van der Waals surface area contributed by atoms with Gasteiger partial charge in [0.05, 0.1) is 10.9 Å². The monoisotopic (exact) mass is 270 g/mol. The molecule has 0 radical (unpaired) electrons. The Balaban J connectivity index is 2.29. The molecule has 0 aliphatic heterocycles. The van der Waals surface area contributed by atoms with Gasteiger partial charge in [-0.1, -0.05) is 45.3 Å². The van der Waals surface area contributed by atoms with Crippen LogP contribution in [-0.4, -0.2) is 17.4 Å². The average molecular weight is 270 g/mol. The maximum absolute atomic E-state index is 11.9. The number of amides is 1. The molecular weight excluding hydrogens is 244 g/mol. The van der Waals surface area contributed by atoms with E-state index in [1.54, 1.807) is 0 Å². The zero-order valence-corrected chi connectivity index (χ0v) is 12.4. The number of nitrogens with one attached hydrogen (secondary N) is 1. The highest BCUT2D eigenvalue weighted by Gasteiger charge is 2.23. The van der Waals surface area contributed by atoms with Crippen LogP contribution in [0.5, 0.6) is 0 Å². The average Bonchev–Trinajstić information content (AvgIpc) is 2.37. The Hall–Kier alpha value is -0.640. The molecule has 1 fully saturated rings. The summed E-state index contributed by atoms with van der Waals surface area (Å²) in [6.07, 6.45) is 7.07. The minimum atomic E-state index is -0.299. The molecule has 4 heteroatoms. The second kappa shape index (κ2) is 7.72. The van der Waals surface area contributed by atoms with E-state index in [9.17, 15) is 4.79 Å². The van der Waals surface area contributed by atoms with Gasteiger partial charge in [-0.2, -0.15) is 0 Å². The first-order valence-electron chi connectivity index (χ1n) is 7.15. The number of thiocarbonyl (C=S) groups is 1. The van der Waals surface area contributed by atoms with Crippen LogP contribution >= 0.6 is 12.2 Å². The summed E-state index contributed by atoms with van der Waals surface area (Å²) in [5, 5.41) is 3.01. The summed E-state index contributed by atoms with van der Waals surface area (Å²) < 4.78 is 0. The molecule has 1 saturated carbocycles. The SMILES string of the molecule is CCC1CCC(CNC(=O)C(CC)C(N)=S)CC1. The summed E-state index contributed by atoms with van der Waals surface area (Å²) in [5.74, 6) is 1.24. The number of rotatable bonds is 6. The van der Waals surface area contributed by atoms with Gasteiger partial charge in [-0.15, -0.1) is 0 Å². The zero-order valence-electron chi connectivity index (χ0n) is 11.6. The van der Waals surface area contributed by atoms with Crippen molar-refractivity contribution in [3.63, 3.8) is 0 Å². The van der Waals surface area contributed by atoms with Crippen molar-refractivity contribution in [1.29, 1.82) is 0 Å². The maximum Gasteiger partial charge on any atom is 0.229 e. The molecule has 0 heterocycles. The summed E-state index contributed by atoms with van der Waals surface area (Å²) in [6.45, 7) is 4.99. The van der Waals surface area contributed by atoms with Gasteiger partial charge in [-0.05, 0) is 31.1 Å². The van der Waals surface area contributed by atoms with Gasteiger partial charge in [0.15, 0.2) is 0 Å². The summed E-state index contributed by atoms with van der Waals surface area (Å²) >= 11 is 4.91. The third-order valence-electron chi connectivity index (χ3n) is 4.18. The molecular formula is C14H26N2OS. The lowest BCUT2D eigenvalue weighted by Gasteiger charge is -2.28. The maximum atomic E-state index is 11.9. The molecule has 18 heavy (non-hydrogen) atoms. The summed E-state index contributed by atoms with van der Waals surface area (Å²) in [5.41, 5.74) is 5.56. The van der Waals surface area contributed by atoms with Gasteiger partial charge in [0, 0.05) is 6.54 Å². The van der Waals surface area contributed by atoms with Crippen LogP contribution in [0.1, 0.15) is 52.4 Å². The highest BCUT2D eigenvalue weighted by atomic mass is 32.1. The second-order valence-corrected chi connectivity index (χ2v) is 5.87. The lowest BCUT2D eigenvalue weighted by atomic mass is 9.81. The molecule has 3 N–H and O–H groups in total. The predicted molar refractivity (Wildman–Crippen MR) is 79.3 cm³/mol. The topological polar surface area (TPSA) is 55.1 Å². The fraction of sp³-hybridized carbons (Fsp3) is 0.857. The van der Waals surface area contributed by atoms with E-state index < -0.39 is 0 Å². The van der Waals surface area contributed by atoms with Crippen LogP contribution in [0.2, 0.25) is 0 Å². The van der Waals surface area contributed by atoms with Gasteiger partial charge in [0.25, 0.3) is 0 Å². The minimum absolute atomic E-state index is 0.00242. The van der Waals surface area contributed by atoms with E-state index in [4.69, 9.17) is 18.0 Å².